The van der Waals surface area contributed by atoms with Gasteiger partial charge in [-0.1, -0.05) is 35.1 Å². The molecule has 32 heavy (non-hydrogen) atoms. The van der Waals surface area contributed by atoms with Gasteiger partial charge in [-0.05, 0) is 61.9 Å². The predicted molar refractivity (Wildman–Crippen MR) is 127 cm³/mol. The number of fused-ring (bicyclic) bond motifs is 1. The second kappa shape index (κ2) is 8.60. The van der Waals surface area contributed by atoms with E-state index < -0.39 is 10.0 Å². The number of aromatic nitrogens is 1. The molecule has 1 aromatic heterocycles. The van der Waals surface area contributed by atoms with Crippen LogP contribution in [0.3, 0.4) is 0 Å². The summed E-state index contributed by atoms with van der Waals surface area (Å²) < 4.78 is 33.9. The highest BCUT2D eigenvalue weighted by Crippen LogP contribution is 2.34. The first-order valence-corrected chi connectivity index (χ1v) is 12.0. The maximum atomic E-state index is 12.7. The SMILES string of the molecule is COc1ccc(C)c2sc(NC(=O)c3ccc(NS(=O)(=O)c4ccc(C)cc4)cc3)nc12. The third-order valence-corrected chi connectivity index (χ3v) is 7.38. The molecular formula is C23H21N3O4S2. The van der Waals surface area contributed by atoms with E-state index in [4.69, 9.17) is 4.74 Å². The first kappa shape index (κ1) is 21.8. The number of aryl methyl sites for hydroxylation is 2. The number of carbonyl (C=O) groups is 1. The number of nitrogens with one attached hydrogen (secondary N) is 2. The van der Waals surface area contributed by atoms with Crippen LogP contribution >= 0.6 is 11.3 Å². The van der Waals surface area contributed by atoms with Crippen molar-refractivity contribution in [2.24, 2.45) is 0 Å². The van der Waals surface area contributed by atoms with E-state index in [0.29, 0.717) is 27.6 Å². The van der Waals surface area contributed by atoms with Gasteiger partial charge in [-0.2, -0.15) is 0 Å². The molecule has 164 valence electrons. The van der Waals surface area contributed by atoms with Gasteiger partial charge in [-0.3, -0.25) is 14.8 Å². The van der Waals surface area contributed by atoms with E-state index >= 15 is 0 Å². The van der Waals surface area contributed by atoms with Crippen LogP contribution < -0.4 is 14.8 Å². The third-order valence-electron chi connectivity index (χ3n) is 4.87. The minimum atomic E-state index is -3.71. The summed E-state index contributed by atoms with van der Waals surface area (Å²) >= 11 is 1.37. The van der Waals surface area contributed by atoms with Gasteiger partial charge in [0.2, 0.25) is 0 Å². The van der Waals surface area contributed by atoms with Gasteiger partial charge in [0.05, 0.1) is 16.7 Å². The molecule has 0 atom stereocenters. The Labute approximate surface area is 190 Å². The number of thiazole rings is 1. The zero-order valence-electron chi connectivity index (χ0n) is 17.7. The fraction of sp³-hybridized carbons (Fsp3) is 0.130. The third kappa shape index (κ3) is 4.44. The highest BCUT2D eigenvalue weighted by molar-refractivity contribution is 7.92. The first-order valence-electron chi connectivity index (χ1n) is 9.72. The van der Waals surface area contributed by atoms with Crippen LogP contribution in [-0.4, -0.2) is 26.4 Å². The molecule has 0 saturated heterocycles. The Hall–Kier alpha value is -3.43. The molecule has 0 aliphatic rings. The van der Waals surface area contributed by atoms with E-state index in [1.807, 2.05) is 26.0 Å². The van der Waals surface area contributed by atoms with Crippen molar-refractivity contribution in [1.82, 2.24) is 4.98 Å². The fourth-order valence-corrected chi connectivity index (χ4v) is 5.12. The van der Waals surface area contributed by atoms with Crippen molar-refractivity contribution in [3.05, 3.63) is 77.4 Å². The largest absolute Gasteiger partial charge is 0.494 e. The second-order valence-corrected chi connectivity index (χ2v) is 9.91. The van der Waals surface area contributed by atoms with Gasteiger partial charge in [0, 0.05) is 11.3 Å². The average Bonchev–Trinajstić information content (AvgIpc) is 3.19. The lowest BCUT2D eigenvalue weighted by Crippen LogP contribution is -2.14. The summed E-state index contributed by atoms with van der Waals surface area (Å²) in [4.78, 5) is 17.3. The number of amides is 1. The van der Waals surface area contributed by atoms with Gasteiger partial charge >= 0.3 is 0 Å². The maximum absolute atomic E-state index is 12.7. The number of carbonyl (C=O) groups excluding carboxylic acids is 1. The van der Waals surface area contributed by atoms with Gasteiger partial charge in [0.1, 0.15) is 11.3 Å². The summed E-state index contributed by atoms with van der Waals surface area (Å²) in [6.07, 6.45) is 0. The number of sulfonamides is 1. The first-order chi connectivity index (χ1) is 15.3. The molecule has 0 saturated carbocycles. The number of hydrogen-bond acceptors (Lipinski definition) is 6. The number of benzene rings is 3. The van der Waals surface area contributed by atoms with E-state index in [2.05, 4.69) is 15.0 Å². The predicted octanol–water partition coefficient (Wildman–Crippen LogP) is 4.97. The van der Waals surface area contributed by atoms with E-state index in [0.717, 1.165) is 15.8 Å². The molecule has 4 aromatic rings. The van der Waals surface area contributed by atoms with Crippen molar-refractivity contribution < 1.29 is 17.9 Å². The zero-order valence-corrected chi connectivity index (χ0v) is 19.3. The quantitative estimate of drug-likeness (QED) is 0.417. The topological polar surface area (TPSA) is 97.4 Å². The molecule has 0 radical (unpaired) electrons. The summed E-state index contributed by atoms with van der Waals surface area (Å²) in [5.41, 5.74) is 3.47. The molecule has 7 nitrogen and oxygen atoms in total. The Morgan fingerprint density at radius 3 is 2.31 bits per heavy atom. The second-order valence-electron chi connectivity index (χ2n) is 7.23. The van der Waals surface area contributed by atoms with Crippen molar-refractivity contribution in [3.8, 4) is 5.75 Å². The van der Waals surface area contributed by atoms with E-state index in [9.17, 15) is 13.2 Å². The molecule has 1 heterocycles. The van der Waals surface area contributed by atoms with Crippen LogP contribution in [0.5, 0.6) is 5.75 Å². The van der Waals surface area contributed by atoms with Crippen LogP contribution in [0.1, 0.15) is 21.5 Å². The molecule has 0 unspecified atom stereocenters. The van der Waals surface area contributed by atoms with Crippen molar-refractivity contribution >= 4 is 48.3 Å². The van der Waals surface area contributed by atoms with Gasteiger partial charge in [-0.15, -0.1) is 0 Å². The lowest BCUT2D eigenvalue weighted by atomic mass is 10.2. The molecule has 0 aliphatic heterocycles. The number of rotatable bonds is 6. The lowest BCUT2D eigenvalue weighted by molar-refractivity contribution is 0.102. The molecule has 0 bridgehead atoms. The van der Waals surface area contributed by atoms with Crippen LogP contribution in [0.15, 0.2) is 65.6 Å². The van der Waals surface area contributed by atoms with E-state index in [-0.39, 0.29) is 10.8 Å². The van der Waals surface area contributed by atoms with Crippen LogP contribution in [0.2, 0.25) is 0 Å². The van der Waals surface area contributed by atoms with E-state index in [1.165, 1.54) is 11.3 Å². The van der Waals surface area contributed by atoms with Crippen molar-refractivity contribution in [1.29, 1.82) is 0 Å². The molecule has 4 rings (SSSR count). The van der Waals surface area contributed by atoms with Crippen LogP contribution in [0.25, 0.3) is 10.2 Å². The zero-order chi connectivity index (χ0) is 22.9. The highest BCUT2D eigenvalue weighted by Gasteiger charge is 2.16. The number of hydrogen-bond donors (Lipinski definition) is 2. The van der Waals surface area contributed by atoms with Crippen molar-refractivity contribution in [2.45, 2.75) is 18.7 Å². The molecule has 9 heteroatoms. The molecule has 2 N–H and O–H groups in total. The van der Waals surface area contributed by atoms with Gasteiger partial charge in [0.25, 0.3) is 15.9 Å². The Kier molecular flexibility index (Phi) is 5.86. The Morgan fingerprint density at radius 2 is 1.66 bits per heavy atom. The monoisotopic (exact) mass is 467 g/mol. The molecule has 0 spiro atoms. The number of nitrogens with zero attached hydrogens (tertiary/aromatic N) is 1. The molecule has 3 aromatic carbocycles. The highest BCUT2D eigenvalue weighted by atomic mass is 32.2. The van der Waals surface area contributed by atoms with Crippen molar-refractivity contribution in [3.63, 3.8) is 0 Å². The Morgan fingerprint density at radius 1 is 0.969 bits per heavy atom. The van der Waals surface area contributed by atoms with Crippen LogP contribution in [-0.2, 0) is 10.0 Å². The van der Waals surface area contributed by atoms with Gasteiger partial charge < -0.3 is 4.74 Å². The maximum Gasteiger partial charge on any atom is 0.261 e. The molecule has 0 fully saturated rings. The summed E-state index contributed by atoms with van der Waals surface area (Å²) in [5.74, 6) is 0.307. The van der Waals surface area contributed by atoms with E-state index in [1.54, 1.807) is 55.6 Å². The fourth-order valence-electron chi connectivity index (χ4n) is 3.12. The number of anilines is 2. The lowest BCUT2D eigenvalue weighted by Gasteiger charge is -2.09. The minimum Gasteiger partial charge on any atom is -0.494 e. The molecule has 0 aliphatic carbocycles. The van der Waals surface area contributed by atoms with Crippen LogP contribution in [0.4, 0.5) is 10.8 Å². The molecular weight excluding hydrogens is 446 g/mol. The Balaban J connectivity index is 1.49. The number of ether oxygens (including phenoxy) is 1. The Bertz CT molecular complexity index is 1390. The summed E-state index contributed by atoms with van der Waals surface area (Å²) in [7, 11) is -2.13. The molecule has 1 amide bonds. The normalized spacial score (nSPS) is 11.3. The van der Waals surface area contributed by atoms with Crippen molar-refractivity contribution in [2.75, 3.05) is 17.1 Å². The smallest absolute Gasteiger partial charge is 0.261 e. The van der Waals surface area contributed by atoms with Gasteiger partial charge in [-0.25, -0.2) is 13.4 Å². The van der Waals surface area contributed by atoms with Crippen LogP contribution in [0, 0.1) is 13.8 Å². The minimum absolute atomic E-state index is 0.173. The summed E-state index contributed by atoms with van der Waals surface area (Å²) in [5, 5.41) is 3.26. The number of methoxy groups -OCH3 is 1. The average molecular weight is 468 g/mol. The van der Waals surface area contributed by atoms with Gasteiger partial charge in [0.15, 0.2) is 5.13 Å². The summed E-state index contributed by atoms with van der Waals surface area (Å²) in [6.45, 7) is 3.86. The summed E-state index contributed by atoms with van der Waals surface area (Å²) in [6, 6.07) is 16.6. The standard InChI is InChI=1S/C23H21N3O4S2/c1-14-4-11-18(12-5-14)32(28,29)26-17-9-7-16(8-10-17)22(27)25-23-24-20-19(30-3)13-6-15(2)21(20)31-23/h4-13,26H,1-3H3,(H,24,25,27).